The first-order chi connectivity index (χ1) is 16.3. The van der Waals surface area contributed by atoms with Gasteiger partial charge in [-0.05, 0) is 74.1 Å². The predicted octanol–water partition coefficient (Wildman–Crippen LogP) is 4.67. The SMILES string of the molecule is CCOc1ccc(C(=O)N2CCC3(CCN(C(=O)/C=C/c4ccc(F)c(F)c4F)C3)CC2)cc1. The average Bonchev–Trinajstić information content (AvgIpc) is 3.26. The number of hydrogen-bond donors (Lipinski definition) is 0. The first kappa shape index (κ1) is 23.9. The van der Waals surface area contributed by atoms with Crippen LogP contribution in [0.1, 0.15) is 42.1 Å². The van der Waals surface area contributed by atoms with Crippen molar-refractivity contribution >= 4 is 17.9 Å². The largest absolute Gasteiger partial charge is 0.494 e. The summed E-state index contributed by atoms with van der Waals surface area (Å²) in [5, 5.41) is 0. The van der Waals surface area contributed by atoms with Gasteiger partial charge in [0, 0.05) is 43.4 Å². The number of ether oxygens (including phenoxy) is 1. The molecule has 2 aromatic carbocycles. The van der Waals surface area contributed by atoms with Crippen LogP contribution in [0.3, 0.4) is 0 Å². The van der Waals surface area contributed by atoms with Crippen molar-refractivity contribution in [2.75, 3.05) is 32.8 Å². The number of hydrogen-bond acceptors (Lipinski definition) is 3. The van der Waals surface area contributed by atoms with Crippen molar-refractivity contribution in [3.05, 3.63) is 71.1 Å². The summed E-state index contributed by atoms with van der Waals surface area (Å²) < 4.78 is 45.7. The first-order valence-corrected chi connectivity index (χ1v) is 11.4. The fourth-order valence-electron chi connectivity index (χ4n) is 4.69. The quantitative estimate of drug-likeness (QED) is 0.470. The molecule has 0 N–H and O–H groups in total. The highest BCUT2D eigenvalue weighted by molar-refractivity contribution is 5.94. The maximum absolute atomic E-state index is 13.8. The first-order valence-electron chi connectivity index (χ1n) is 11.4. The van der Waals surface area contributed by atoms with E-state index in [1.807, 2.05) is 11.8 Å². The minimum absolute atomic E-state index is 0.0136. The number of likely N-dealkylation sites (tertiary alicyclic amines) is 2. The molecule has 180 valence electrons. The Hall–Kier alpha value is -3.29. The van der Waals surface area contributed by atoms with Gasteiger partial charge in [-0.1, -0.05) is 0 Å². The van der Waals surface area contributed by atoms with Gasteiger partial charge in [0.2, 0.25) is 5.91 Å². The van der Waals surface area contributed by atoms with Gasteiger partial charge in [0.25, 0.3) is 5.91 Å². The Bertz CT molecular complexity index is 1090. The van der Waals surface area contributed by atoms with E-state index in [1.54, 1.807) is 29.2 Å². The van der Waals surface area contributed by atoms with Crippen molar-refractivity contribution in [2.24, 2.45) is 5.41 Å². The zero-order chi connectivity index (χ0) is 24.3. The van der Waals surface area contributed by atoms with Crippen LogP contribution in [0.25, 0.3) is 6.08 Å². The van der Waals surface area contributed by atoms with Gasteiger partial charge in [0.15, 0.2) is 17.5 Å². The van der Waals surface area contributed by atoms with Crippen molar-refractivity contribution in [1.29, 1.82) is 0 Å². The Balaban J connectivity index is 1.32. The summed E-state index contributed by atoms with van der Waals surface area (Å²) in [5.74, 6) is -3.72. The van der Waals surface area contributed by atoms with Crippen molar-refractivity contribution in [2.45, 2.75) is 26.2 Å². The highest BCUT2D eigenvalue weighted by atomic mass is 19.2. The van der Waals surface area contributed by atoms with Crippen molar-refractivity contribution in [3.8, 4) is 5.75 Å². The van der Waals surface area contributed by atoms with E-state index in [0.717, 1.165) is 37.1 Å². The highest BCUT2D eigenvalue weighted by Gasteiger charge is 2.42. The minimum Gasteiger partial charge on any atom is -0.494 e. The molecule has 0 aromatic heterocycles. The molecule has 2 aliphatic rings. The zero-order valence-electron chi connectivity index (χ0n) is 19.0. The number of carbonyl (C=O) groups excluding carboxylic acids is 2. The molecule has 2 saturated heterocycles. The third kappa shape index (κ3) is 4.95. The van der Waals surface area contributed by atoms with Gasteiger partial charge in [0.1, 0.15) is 5.75 Å². The fourth-order valence-corrected chi connectivity index (χ4v) is 4.69. The van der Waals surface area contributed by atoms with Crippen LogP contribution in [0.4, 0.5) is 13.2 Å². The number of amides is 2. The zero-order valence-corrected chi connectivity index (χ0v) is 19.0. The molecule has 0 radical (unpaired) electrons. The van der Waals surface area contributed by atoms with E-state index >= 15 is 0 Å². The minimum atomic E-state index is -1.55. The lowest BCUT2D eigenvalue weighted by atomic mass is 9.77. The van der Waals surface area contributed by atoms with Crippen LogP contribution < -0.4 is 4.74 Å². The van der Waals surface area contributed by atoms with Gasteiger partial charge >= 0.3 is 0 Å². The number of carbonyl (C=O) groups is 2. The van der Waals surface area contributed by atoms with Crippen molar-refractivity contribution in [3.63, 3.8) is 0 Å². The molecule has 4 rings (SSSR count). The second-order valence-corrected chi connectivity index (χ2v) is 8.86. The normalized spacial score (nSPS) is 17.5. The lowest BCUT2D eigenvalue weighted by Crippen LogP contribution is -2.44. The van der Waals surface area contributed by atoms with Crippen LogP contribution in [0.2, 0.25) is 0 Å². The second-order valence-electron chi connectivity index (χ2n) is 8.86. The molecule has 0 unspecified atom stereocenters. The van der Waals surface area contributed by atoms with Crippen LogP contribution in [-0.4, -0.2) is 54.4 Å². The number of nitrogens with zero attached hydrogens (tertiary/aromatic N) is 2. The molecule has 2 heterocycles. The lowest BCUT2D eigenvalue weighted by molar-refractivity contribution is -0.125. The summed E-state index contributed by atoms with van der Waals surface area (Å²) in [6, 6.07) is 9.06. The van der Waals surface area contributed by atoms with Crippen LogP contribution in [0.5, 0.6) is 5.75 Å². The maximum atomic E-state index is 13.8. The van der Waals surface area contributed by atoms with Gasteiger partial charge in [-0.2, -0.15) is 0 Å². The highest BCUT2D eigenvalue weighted by Crippen LogP contribution is 2.40. The molecular formula is C26H27F3N2O3. The van der Waals surface area contributed by atoms with Crippen molar-refractivity contribution < 1.29 is 27.5 Å². The van der Waals surface area contributed by atoms with E-state index < -0.39 is 17.5 Å². The Morgan fingerprint density at radius 2 is 1.59 bits per heavy atom. The number of piperidine rings is 1. The molecule has 0 aliphatic carbocycles. The molecule has 8 heteroatoms. The molecule has 2 aliphatic heterocycles. The van der Waals surface area contributed by atoms with E-state index in [4.69, 9.17) is 4.74 Å². The number of benzene rings is 2. The molecule has 2 aromatic rings. The summed E-state index contributed by atoms with van der Waals surface area (Å²) in [6.07, 6.45) is 4.78. The number of halogens is 3. The van der Waals surface area contributed by atoms with E-state index in [2.05, 4.69) is 0 Å². The summed E-state index contributed by atoms with van der Waals surface area (Å²) in [6.45, 7) is 4.83. The van der Waals surface area contributed by atoms with E-state index in [-0.39, 0.29) is 22.8 Å². The summed E-state index contributed by atoms with van der Waals surface area (Å²) in [4.78, 5) is 29.0. The predicted molar refractivity (Wildman–Crippen MR) is 122 cm³/mol. The fraction of sp³-hybridized carbons (Fsp3) is 0.385. The van der Waals surface area contributed by atoms with E-state index in [1.165, 1.54) is 12.2 Å². The molecule has 0 bridgehead atoms. The molecule has 2 amide bonds. The lowest BCUT2D eigenvalue weighted by Gasteiger charge is -2.39. The molecule has 0 saturated carbocycles. The second kappa shape index (κ2) is 9.91. The standard InChI is InChI=1S/C26H27F3N2O3/c1-2-34-20-7-3-19(4-8-20)25(33)30-14-11-26(12-15-30)13-16-31(17-26)22(32)10-6-18-5-9-21(27)24(29)23(18)28/h3-10H,2,11-17H2,1H3/b10-6+. The molecular weight excluding hydrogens is 445 g/mol. The van der Waals surface area contributed by atoms with Gasteiger partial charge in [-0.3, -0.25) is 9.59 Å². The third-order valence-corrected chi connectivity index (χ3v) is 6.74. The monoisotopic (exact) mass is 472 g/mol. The molecule has 0 atom stereocenters. The average molecular weight is 473 g/mol. The summed E-state index contributed by atoms with van der Waals surface area (Å²) in [5.41, 5.74) is 0.395. The van der Waals surface area contributed by atoms with Crippen LogP contribution in [0, 0.1) is 22.9 Å². The maximum Gasteiger partial charge on any atom is 0.253 e. The Morgan fingerprint density at radius 1 is 0.941 bits per heavy atom. The van der Waals surface area contributed by atoms with Crippen LogP contribution in [-0.2, 0) is 4.79 Å². The van der Waals surface area contributed by atoms with Gasteiger partial charge in [0.05, 0.1) is 6.61 Å². The molecule has 1 spiro atoms. The van der Waals surface area contributed by atoms with E-state index in [9.17, 15) is 22.8 Å². The van der Waals surface area contributed by atoms with Gasteiger partial charge < -0.3 is 14.5 Å². The molecule has 5 nitrogen and oxygen atoms in total. The van der Waals surface area contributed by atoms with Crippen molar-refractivity contribution in [1.82, 2.24) is 9.80 Å². The molecule has 34 heavy (non-hydrogen) atoms. The van der Waals surface area contributed by atoms with Gasteiger partial charge in [-0.15, -0.1) is 0 Å². The third-order valence-electron chi connectivity index (χ3n) is 6.74. The number of rotatable bonds is 5. The Morgan fingerprint density at radius 3 is 2.24 bits per heavy atom. The summed E-state index contributed by atoms with van der Waals surface area (Å²) >= 11 is 0. The summed E-state index contributed by atoms with van der Waals surface area (Å²) in [7, 11) is 0. The van der Waals surface area contributed by atoms with Crippen LogP contribution in [0.15, 0.2) is 42.5 Å². The molecule has 2 fully saturated rings. The smallest absolute Gasteiger partial charge is 0.253 e. The topological polar surface area (TPSA) is 49.9 Å². The Labute approximate surface area is 196 Å². The van der Waals surface area contributed by atoms with Gasteiger partial charge in [-0.25, -0.2) is 13.2 Å². The Kier molecular flexibility index (Phi) is 6.95. The van der Waals surface area contributed by atoms with Crippen LogP contribution >= 0.6 is 0 Å². The van der Waals surface area contributed by atoms with E-state index in [0.29, 0.717) is 38.3 Å².